The molecule has 12 nitrogen and oxygen atoms in total. The minimum atomic E-state index is -1.17. The summed E-state index contributed by atoms with van der Waals surface area (Å²) in [4.78, 5) is 15.8. The van der Waals surface area contributed by atoms with Crippen molar-refractivity contribution in [3.8, 4) is 0 Å². The SMILES string of the molecule is CCC(=O)N([O-])NC(O)CC1=CC=C(OC(O)C2CC=C(OC(O)C3CCC(C(O)ON)CC3)CC2)CC1. The van der Waals surface area contributed by atoms with E-state index < -0.39 is 31.0 Å². The van der Waals surface area contributed by atoms with Crippen LogP contribution in [0.2, 0.25) is 0 Å². The Morgan fingerprint density at radius 3 is 2.16 bits per heavy atom. The molecule has 0 radical (unpaired) electrons. The molecule has 3 aliphatic carbocycles. The van der Waals surface area contributed by atoms with Crippen LogP contribution in [-0.2, 0) is 19.1 Å². The Morgan fingerprint density at radius 1 is 0.974 bits per heavy atom. The number of nitrogens with one attached hydrogen (secondary N) is 1. The van der Waals surface area contributed by atoms with Gasteiger partial charge in [0.05, 0.1) is 11.5 Å². The molecule has 1 fully saturated rings. The Hall–Kier alpha value is -2.03. The molecule has 7 N–H and O–H groups in total. The smallest absolute Gasteiger partial charge is 0.226 e. The minimum absolute atomic E-state index is 0.0186. The molecule has 0 aromatic carbocycles. The second-order valence-electron chi connectivity index (χ2n) is 10.3. The van der Waals surface area contributed by atoms with Gasteiger partial charge in [0.25, 0.3) is 0 Å². The van der Waals surface area contributed by atoms with Crippen molar-refractivity contribution in [2.24, 2.45) is 23.7 Å². The van der Waals surface area contributed by atoms with E-state index in [1.54, 1.807) is 19.1 Å². The van der Waals surface area contributed by atoms with Crippen molar-refractivity contribution in [1.82, 2.24) is 10.6 Å². The fourth-order valence-electron chi connectivity index (χ4n) is 5.10. The molecular formula is C26H42N3O9-. The van der Waals surface area contributed by atoms with Crippen LogP contribution in [-0.4, -0.2) is 56.6 Å². The van der Waals surface area contributed by atoms with E-state index in [2.05, 4.69) is 10.3 Å². The van der Waals surface area contributed by atoms with Gasteiger partial charge in [0.15, 0.2) is 18.9 Å². The van der Waals surface area contributed by atoms with Crippen molar-refractivity contribution >= 4 is 5.91 Å². The molecule has 1 amide bonds. The van der Waals surface area contributed by atoms with Crippen molar-refractivity contribution in [2.45, 2.75) is 103 Å². The average molecular weight is 541 g/mol. The summed E-state index contributed by atoms with van der Waals surface area (Å²) in [7, 11) is 0. The van der Waals surface area contributed by atoms with Gasteiger partial charge in [0.2, 0.25) is 5.91 Å². The van der Waals surface area contributed by atoms with E-state index in [1.807, 2.05) is 6.08 Å². The zero-order valence-corrected chi connectivity index (χ0v) is 21.9. The molecule has 38 heavy (non-hydrogen) atoms. The summed E-state index contributed by atoms with van der Waals surface area (Å²) in [5, 5.41) is 52.4. The van der Waals surface area contributed by atoms with Crippen molar-refractivity contribution in [2.75, 3.05) is 0 Å². The average Bonchev–Trinajstić information content (AvgIpc) is 2.93. The lowest BCUT2D eigenvalue weighted by atomic mass is 9.81. The molecule has 0 saturated heterocycles. The number of hydrazine groups is 1. The minimum Gasteiger partial charge on any atom is -0.741 e. The van der Waals surface area contributed by atoms with Gasteiger partial charge < -0.3 is 40.3 Å². The van der Waals surface area contributed by atoms with Gasteiger partial charge in [-0.25, -0.2) is 11.3 Å². The summed E-state index contributed by atoms with van der Waals surface area (Å²) < 4.78 is 11.6. The molecule has 0 spiro atoms. The Bertz CT molecular complexity index is 857. The van der Waals surface area contributed by atoms with E-state index in [9.17, 15) is 30.4 Å². The van der Waals surface area contributed by atoms with Gasteiger partial charge in [-0.05, 0) is 57.1 Å². The first-order valence-corrected chi connectivity index (χ1v) is 13.4. The topological polar surface area (TPSA) is 190 Å². The normalized spacial score (nSPS) is 27.2. The number of carbonyl (C=O) groups excluding carboxylic acids is 1. The van der Waals surface area contributed by atoms with E-state index in [0.717, 1.165) is 5.57 Å². The number of rotatable bonds is 13. The predicted molar refractivity (Wildman–Crippen MR) is 136 cm³/mol. The van der Waals surface area contributed by atoms with Crippen molar-refractivity contribution in [1.29, 1.82) is 0 Å². The van der Waals surface area contributed by atoms with Crippen LogP contribution in [0.3, 0.4) is 0 Å². The highest BCUT2D eigenvalue weighted by atomic mass is 16.7. The highest BCUT2D eigenvalue weighted by Crippen LogP contribution is 2.35. The molecule has 1 saturated carbocycles. The van der Waals surface area contributed by atoms with Crippen LogP contribution in [0.5, 0.6) is 0 Å². The second kappa shape index (κ2) is 14.9. The Balaban J connectivity index is 1.39. The number of nitrogens with zero attached hydrogens (tertiary/aromatic N) is 1. The molecule has 0 aliphatic heterocycles. The van der Waals surface area contributed by atoms with Crippen LogP contribution >= 0.6 is 0 Å². The van der Waals surface area contributed by atoms with Crippen LogP contribution in [0.25, 0.3) is 0 Å². The molecule has 3 aliphatic rings. The van der Waals surface area contributed by atoms with Crippen molar-refractivity contribution in [3.05, 3.63) is 40.5 Å². The maximum Gasteiger partial charge on any atom is 0.226 e. The van der Waals surface area contributed by atoms with Crippen molar-refractivity contribution < 1.29 is 39.5 Å². The van der Waals surface area contributed by atoms with Gasteiger partial charge in [0.1, 0.15) is 6.23 Å². The molecule has 12 heteroatoms. The second-order valence-corrected chi connectivity index (χ2v) is 10.3. The molecule has 0 bridgehead atoms. The largest absolute Gasteiger partial charge is 0.741 e. The highest BCUT2D eigenvalue weighted by molar-refractivity contribution is 5.75. The number of hydrogen-bond donors (Lipinski definition) is 6. The fraction of sp³-hybridized carbons (Fsp3) is 0.731. The standard InChI is InChI=1S/C26H42N3O9/c1-2-23(31)29(35)28-22(30)15-16-3-11-20(12-4-16)36-25(33)18-9-13-21(14-10-18)37-24(32)17-5-7-19(8-6-17)26(34)38-27/h3,11,13,17-19,22,24-26,28,30,32-34H,2,4-10,12,14-15,27H2,1H3/q-1. The number of nitrogens with two attached hydrogens (primary N) is 1. The number of carbonyl (C=O) groups is 1. The van der Waals surface area contributed by atoms with Crippen molar-refractivity contribution in [3.63, 3.8) is 0 Å². The Kier molecular flexibility index (Phi) is 12.0. The van der Waals surface area contributed by atoms with Gasteiger partial charge >= 0.3 is 0 Å². The fourth-order valence-corrected chi connectivity index (χ4v) is 5.10. The molecule has 5 unspecified atom stereocenters. The van der Waals surface area contributed by atoms with E-state index in [4.69, 9.17) is 15.4 Å². The van der Waals surface area contributed by atoms with E-state index in [-0.39, 0.29) is 35.8 Å². The monoisotopic (exact) mass is 540 g/mol. The van der Waals surface area contributed by atoms with Crippen LogP contribution in [0.4, 0.5) is 0 Å². The van der Waals surface area contributed by atoms with Gasteiger partial charge in [0, 0.05) is 43.4 Å². The third kappa shape index (κ3) is 9.02. The quantitative estimate of drug-likeness (QED) is 0.148. The summed E-state index contributed by atoms with van der Waals surface area (Å²) in [6, 6.07) is 0. The summed E-state index contributed by atoms with van der Waals surface area (Å²) in [6.45, 7) is 1.56. The predicted octanol–water partition coefficient (Wildman–Crippen LogP) is 1.91. The number of amides is 1. The highest BCUT2D eigenvalue weighted by Gasteiger charge is 2.32. The summed E-state index contributed by atoms with van der Waals surface area (Å²) in [5.74, 6) is 5.59. The lowest BCUT2D eigenvalue weighted by Gasteiger charge is -2.34. The number of aliphatic hydroxyl groups excluding tert-OH is 4. The summed E-state index contributed by atoms with van der Waals surface area (Å²) in [6.07, 6.45) is 7.40. The maximum absolute atomic E-state index is 11.5. The van der Waals surface area contributed by atoms with Crippen LogP contribution in [0.1, 0.15) is 77.6 Å². The third-order valence-electron chi connectivity index (χ3n) is 7.57. The zero-order valence-electron chi connectivity index (χ0n) is 21.9. The van der Waals surface area contributed by atoms with Gasteiger partial charge in [-0.1, -0.05) is 18.6 Å². The Labute approximate surface area is 223 Å². The summed E-state index contributed by atoms with van der Waals surface area (Å²) in [5.41, 5.74) is 3.10. The molecule has 5 atom stereocenters. The van der Waals surface area contributed by atoms with E-state index in [1.165, 1.54) is 0 Å². The first kappa shape index (κ1) is 30.5. The Morgan fingerprint density at radius 2 is 1.61 bits per heavy atom. The van der Waals surface area contributed by atoms with Gasteiger partial charge in [-0.3, -0.25) is 9.63 Å². The molecule has 216 valence electrons. The van der Waals surface area contributed by atoms with Crippen LogP contribution in [0.15, 0.2) is 35.3 Å². The van der Waals surface area contributed by atoms with Crippen LogP contribution in [0, 0.1) is 23.0 Å². The van der Waals surface area contributed by atoms with Gasteiger partial charge in [-0.15, -0.1) is 0 Å². The number of aliphatic hydroxyl groups is 4. The van der Waals surface area contributed by atoms with E-state index >= 15 is 0 Å². The van der Waals surface area contributed by atoms with Crippen LogP contribution < -0.4 is 11.3 Å². The molecule has 0 aromatic rings. The molecular weight excluding hydrogens is 498 g/mol. The molecule has 3 rings (SSSR count). The van der Waals surface area contributed by atoms with Gasteiger partial charge in [-0.2, -0.15) is 0 Å². The number of hydrogen-bond acceptors (Lipinski definition) is 11. The third-order valence-corrected chi connectivity index (χ3v) is 7.57. The number of hydroxylamine groups is 1. The number of allylic oxidation sites excluding steroid dienone is 5. The lowest BCUT2D eigenvalue weighted by molar-refractivity contribution is -0.161. The molecule has 0 heterocycles. The number of ether oxygens (including phenoxy) is 2. The van der Waals surface area contributed by atoms with E-state index in [0.29, 0.717) is 69.3 Å². The zero-order chi connectivity index (χ0) is 27.7. The summed E-state index contributed by atoms with van der Waals surface area (Å²) >= 11 is 0. The first-order valence-electron chi connectivity index (χ1n) is 13.4. The lowest BCUT2D eigenvalue weighted by Crippen LogP contribution is -2.44. The molecule has 0 aromatic heterocycles. The maximum atomic E-state index is 11.5. The first-order chi connectivity index (χ1) is 18.2.